The van der Waals surface area contributed by atoms with Gasteiger partial charge in [-0.15, -0.1) is 0 Å². The van der Waals surface area contributed by atoms with Crippen molar-refractivity contribution in [3.05, 3.63) is 35.4 Å². The predicted molar refractivity (Wildman–Crippen MR) is 71.7 cm³/mol. The van der Waals surface area contributed by atoms with E-state index >= 15 is 0 Å². The van der Waals surface area contributed by atoms with Crippen LogP contribution in [-0.2, 0) is 0 Å². The van der Waals surface area contributed by atoms with Crippen LogP contribution in [0.2, 0.25) is 0 Å². The maximum atomic E-state index is 8.27. The Hall–Kier alpha value is -1.35. The van der Waals surface area contributed by atoms with Crippen LogP contribution in [0.15, 0.2) is 24.3 Å². The van der Waals surface area contributed by atoms with E-state index in [0.29, 0.717) is 5.84 Å². The molecule has 1 aliphatic rings. The highest BCUT2D eigenvalue weighted by atomic mass is 15.2. The van der Waals surface area contributed by atoms with Gasteiger partial charge in [0.1, 0.15) is 5.84 Å². The van der Waals surface area contributed by atoms with Crippen LogP contribution < -0.4 is 0 Å². The van der Waals surface area contributed by atoms with Crippen LogP contribution in [0.4, 0.5) is 0 Å². The summed E-state index contributed by atoms with van der Waals surface area (Å²) in [6, 6.07) is 8.25. The molecule has 1 aliphatic heterocycles. The molecule has 1 aromatic carbocycles. The molecule has 0 atom stereocenters. The summed E-state index contributed by atoms with van der Waals surface area (Å²) in [5, 5.41) is 8.27. The summed E-state index contributed by atoms with van der Waals surface area (Å²) >= 11 is 0. The molecule has 3 nitrogen and oxygen atoms in total. The van der Waals surface area contributed by atoms with Gasteiger partial charge in [0, 0.05) is 25.2 Å². The Kier molecular flexibility index (Phi) is 3.79. The number of aryl methyl sites for hydroxylation is 1. The highest BCUT2D eigenvalue weighted by Crippen LogP contribution is 2.09. The number of rotatable bonds is 1. The van der Waals surface area contributed by atoms with Crippen LogP contribution in [0.25, 0.3) is 0 Å². The minimum absolute atomic E-state index is 0.667. The Morgan fingerprint density at radius 2 is 1.76 bits per heavy atom. The fourth-order valence-corrected chi connectivity index (χ4v) is 2.16. The first kappa shape index (κ1) is 12.1. The lowest BCUT2D eigenvalue weighted by Gasteiger charge is -2.23. The topological polar surface area (TPSA) is 30.3 Å². The van der Waals surface area contributed by atoms with Crippen LogP contribution in [-0.4, -0.2) is 48.9 Å². The third kappa shape index (κ3) is 3.07. The molecule has 1 N–H and O–H groups in total. The standard InChI is InChI=1S/C14H21N3/c1-12-4-6-13(7-5-12)14(15)17-9-3-8-16(2)10-11-17/h4-7,15H,3,8-11H2,1-2H3. The largest absolute Gasteiger partial charge is 0.355 e. The number of hydrogen-bond donors (Lipinski definition) is 1. The molecule has 0 saturated carbocycles. The second-order valence-corrected chi connectivity index (χ2v) is 4.86. The van der Waals surface area contributed by atoms with E-state index < -0.39 is 0 Å². The minimum Gasteiger partial charge on any atom is -0.355 e. The van der Waals surface area contributed by atoms with Gasteiger partial charge in [-0.3, -0.25) is 5.41 Å². The lowest BCUT2D eigenvalue weighted by atomic mass is 10.1. The molecule has 1 fully saturated rings. The quantitative estimate of drug-likeness (QED) is 0.591. The van der Waals surface area contributed by atoms with Gasteiger partial charge in [0.05, 0.1) is 0 Å². The van der Waals surface area contributed by atoms with Crippen molar-refractivity contribution in [1.29, 1.82) is 5.41 Å². The molecule has 0 radical (unpaired) electrons. The van der Waals surface area contributed by atoms with Crippen LogP contribution in [0.1, 0.15) is 17.5 Å². The molecule has 0 bridgehead atoms. The summed E-state index contributed by atoms with van der Waals surface area (Å²) < 4.78 is 0. The Morgan fingerprint density at radius 1 is 1.06 bits per heavy atom. The van der Waals surface area contributed by atoms with Crippen molar-refractivity contribution in [3.63, 3.8) is 0 Å². The molecule has 2 rings (SSSR count). The first-order valence-electron chi connectivity index (χ1n) is 6.26. The molecule has 1 aromatic rings. The van der Waals surface area contributed by atoms with Gasteiger partial charge in [0.25, 0.3) is 0 Å². The Morgan fingerprint density at radius 3 is 2.47 bits per heavy atom. The van der Waals surface area contributed by atoms with Crippen LogP contribution in [0, 0.1) is 12.3 Å². The molecular formula is C14H21N3. The number of benzene rings is 1. The summed E-state index contributed by atoms with van der Waals surface area (Å²) in [6.45, 7) is 6.22. The predicted octanol–water partition coefficient (Wildman–Crippen LogP) is 1.96. The fraction of sp³-hybridized carbons (Fsp3) is 0.500. The summed E-state index contributed by atoms with van der Waals surface area (Å²) in [5.74, 6) is 0.667. The first-order valence-corrected chi connectivity index (χ1v) is 6.26. The molecule has 17 heavy (non-hydrogen) atoms. The van der Waals surface area contributed by atoms with Crippen molar-refractivity contribution in [3.8, 4) is 0 Å². The van der Waals surface area contributed by atoms with E-state index in [-0.39, 0.29) is 0 Å². The molecular weight excluding hydrogens is 210 g/mol. The number of hydrogen-bond acceptors (Lipinski definition) is 2. The zero-order valence-electron chi connectivity index (χ0n) is 10.7. The van der Waals surface area contributed by atoms with Gasteiger partial charge >= 0.3 is 0 Å². The first-order chi connectivity index (χ1) is 8.16. The van der Waals surface area contributed by atoms with Crippen LogP contribution >= 0.6 is 0 Å². The molecule has 1 heterocycles. The third-order valence-electron chi connectivity index (χ3n) is 3.36. The van der Waals surface area contributed by atoms with Crippen LogP contribution in [0.3, 0.4) is 0 Å². The average Bonchev–Trinajstić information content (AvgIpc) is 2.54. The molecule has 0 unspecified atom stereocenters. The monoisotopic (exact) mass is 231 g/mol. The van der Waals surface area contributed by atoms with Gasteiger partial charge in [0.2, 0.25) is 0 Å². The molecule has 0 amide bonds. The summed E-state index contributed by atoms with van der Waals surface area (Å²) in [6.07, 6.45) is 1.14. The van der Waals surface area contributed by atoms with E-state index in [4.69, 9.17) is 5.41 Å². The van der Waals surface area contributed by atoms with Gasteiger partial charge in [-0.2, -0.15) is 0 Å². The molecule has 3 heteroatoms. The fourth-order valence-electron chi connectivity index (χ4n) is 2.16. The third-order valence-corrected chi connectivity index (χ3v) is 3.36. The lowest BCUT2D eigenvalue weighted by Crippen LogP contribution is -2.34. The Labute approximate surface area is 104 Å². The average molecular weight is 231 g/mol. The van der Waals surface area contributed by atoms with Crippen molar-refractivity contribution in [2.75, 3.05) is 33.2 Å². The Balaban J connectivity index is 2.06. The van der Waals surface area contributed by atoms with E-state index in [1.807, 2.05) is 12.1 Å². The summed E-state index contributed by atoms with van der Waals surface area (Å²) in [7, 11) is 2.15. The van der Waals surface area contributed by atoms with Crippen LogP contribution in [0.5, 0.6) is 0 Å². The number of nitrogens with one attached hydrogen (secondary N) is 1. The lowest BCUT2D eigenvalue weighted by molar-refractivity contribution is 0.346. The maximum absolute atomic E-state index is 8.27. The van der Waals surface area contributed by atoms with E-state index in [1.165, 1.54) is 5.56 Å². The highest BCUT2D eigenvalue weighted by Gasteiger charge is 2.15. The van der Waals surface area contributed by atoms with Crippen molar-refractivity contribution >= 4 is 5.84 Å². The zero-order valence-corrected chi connectivity index (χ0v) is 10.7. The molecule has 1 saturated heterocycles. The minimum atomic E-state index is 0.667. The van der Waals surface area contributed by atoms with E-state index in [1.54, 1.807) is 0 Å². The summed E-state index contributed by atoms with van der Waals surface area (Å²) in [4.78, 5) is 4.52. The molecule has 0 spiro atoms. The second kappa shape index (κ2) is 5.32. The van der Waals surface area contributed by atoms with Gasteiger partial charge in [-0.05, 0) is 26.9 Å². The van der Waals surface area contributed by atoms with Gasteiger partial charge in [0.15, 0.2) is 0 Å². The van der Waals surface area contributed by atoms with Gasteiger partial charge in [-0.1, -0.05) is 29.8 Å². The molecule has 0 aliphatic carbocycles. The zero-order chi connectivity index (χ0) is 12.3. The normalized spacial score (nSPS) is 17.9. The van der Waals surface area contributed by atoms with Crippen molar-refractivity contribution in [2.45, 2.75) is 13.3 Å². The second-order valence-electron chi connectivity index (χ2n) is 4.86. The number of likely N-dealkylation sites (N-methyl/N-ethyl adjacent to an activating group) is 1. The van der Waals surface area contributed by atoms with Gasteiger partial charge in [-0.25, -0.2) is 0 Å². The highest BCUT2D eigenvalue weighted by molar-refractivity contribution is 5.96. The van der Waals surface area contributed by atoms with Crippen molar-refractivity contribution < 1.29 is 0 Å². The SMILES string of the molecule is Cc1ccc(C(=N)N2CCCN(C)CC2)cc1. The Bertz CT molecular complexity index is 383. The summed E-state index contributed by atoms with van der Waals surface area (Å²) in [5.41, 5.74) is 2.28. The van der Waals surface area contributed by atoms with Crippen molar-refractivity contribution in [2.24, 2.45) is 0 Å². The maximum Gasteiger partial charge on any atom is 0.128 e. The number of nitrogens with zero attached hydrogens (tertiary/aromatic N) is 2. The van der Waals surface area contributed by atoms with E-state index in [9.17, 15) is 0 Å². The smallest absolute Gasteiger partial charge is 0.128 e. The molecule has 92 valence electrons. The van der Waals surface area contributed by atoms with E-state index in [0.717, 1.165) is 38.2 Å². The van der Waals surface area contributed by atoms with E-state index in [2.05, 4.69) is 35.9 Å². The van der Waals surface area contributed by atoms with Crippen molar-refractivity contribution in [1.82, 2.24) is 9.80 Å². The molecule has 0 aromatic heterocycles. The van der Waals surface area contributed by atoms with Gasteiger partial charge < -0.3 is 9.80 Å². The number of amidine groups is 1.